The Labute approximate surface area is 184 Å². The van der Waals surface area contributed by atoms with E-state index in [1.807, 2.05) is 12.2 Å². The van der Waals surface area contributed by atoms with Gasteiger partial charge in [0, 0.05) is 5.69 Å². The van der Waals surface area contributed by atoms with Crippen molar-refractivity contribution in [1.82, 2.24) is 0 Å². The van der Waals surface area contributed by atoms with Gasteiger partial charge < -0.3 is 14.8 Å². The number of hydrogen-bond acceptors (Lipinski definition) is 6. The predicted molar refractivity (Wildman–Crippen MR) is 116 cm³/mol. The van der Waals surface area contributed by atoms with Gasteiger partial charge in [-0.15, -0.1) is 0 Å². The van der Waals surface area contributed by atoms with Crippen LogP contribution in [0.1, 0.15) is 23.2 Å². The number of methoxy groups -OCH3 is 1. The van der Waals surface area contributed by atoms with Gasteiger partial charge in [-0.3, -0.25) is 19.3 Å². The molecule has 1 saturated heterocycles. The summed E-state index contributed by atoms with van der Waals surface area (Å²) in [6.07, 6.45) is 4.99. The molecule has 164 valence electrons. The SMILES string of the molecule is COc1ccc(NC(=O)COC(=O)c2ccc(N3C(=O)[C@H]4CC=CC[C@@H]4C3=O)cc2)cc1. The van der Waals surface area contributed by atoms with Gasteiger partial charge in [0.1, 0.15) is 5.75 Å². The van der Waals surface area contributed by atoms with E-state index in [2.05, 4.69) is 5.32 Å². The van der Waals surface area contributed by atoms with Crippen molar-refractivity contribution in [2.45, 2.75) is 12.8 Å². The molecule has 1 N–H and O–H groups in total. The van der Waals surface area contributed by atoms with Gasteiger partial charge in [-0.25, -0.2) is 4.79 Å². The number of nitrogens with one attached hydrogen (secondary N) is 1. The Morgan fingerprint density at radius 2 is 1.53 bits per heavy atom. The summed E-state index contributed by atoms with van der Waals surface area (Å²) in [7, 11) is 1.55. The Morgan fingerprint density at radius 3 is 2.09 bits per heavy atom. The molecule has 1 heterocycles. The Kier molecular flexibility index (Phi) is 6.02. The predicted octanol–water partition coefficient (Wildman–Crippen LogP) is 2.95. The minimum absolute atomic E-state index is 0.212. The largest absolute Gasteiger partial charge is 0.497 e. The molecule has 2 aliphatic rings. The van der Waals surface area contributed by atoms with Crippen LogP contribution in [0.3, 0.4) is 0 Å². The molecule has 4 rings (SSSR count). The summed E-state index contributed by atoms with van der Waals surface area (Å²) in [6.45, 7) is -0.452. The summed E-state index contributed by atoms with van der Waals surface area (Å²) in [4.78, 5) is 50.8. The van der Waals surface area contributed by atoms with Crippen molar-refractivity contribution in [3.8, 4) is 5.75 Å². The number of nitrogens with zero attached hydrogens (tertiary/aromatic N) is 1. The molecule has 0 bridgehead atoms. The van der Waals surface area contributed by atoms with E-state index in [-0.39, 0.29) is 29.2 Å². The minimum atomic E-state index is -0.682. The fourth-order valence-electron chi connectivity index (χ4n) is 3.89. The first-order valence-corrected chi connectivity index (χ1v) is 10.2. The molecular weight excluding hydrogens is 412 g/mol. The number of carbonyl (C=O) groups excluding carboxylic acids is 4. The second-order valence-electron chi connectivity index (χ2n) is 7.57. The average molecular weight is 434 g/mol. The van der Waals surface area contributed by atoms with Crippen LogP contribution in [-0.4, -0.2) is 37.4 Å². The minimum Gasteiger partial charge on any atom is -0.497 e. The van der Waals surface area contributed by atoms with E-state index in [0.29, 0.717) is 30.0 Å². The Balaban J connectivity index is 1.33. The van der Waals surface area contributed by atoms with Crippen LogP contribution in [0.4, 0.5) is 11.4 Å². The lowest BCUT2D eigenvalue weighted by Gasteiger charge is -2.15. The van der Waals surface area contributed by atoms with Crippen molar-refractivity contribution >= 4 is 35.1 Å². The number of allylic oxidation sites excluding steroid dienone is 2. The fraction of sp³-hybridized carbons (Fsp3) is 0.250. The number of rotatable bonds is 6. The first kappa shape index (κ1) is 21.3. The average Bonchev–Trinajstić information content (AvgIpc) is 3.08. The first-order chi connectivity index (χ1) is 15.5. The third-order valence-electron chi connectivity index (χ3n) is 5.58. The number of benzene rings is 2. The van der Waals surface area contributed by atoms with Crippen molar-refractivity contribution in [3.05, 3.63) is 66.2 Å². The standard InChI is InChI=1S/C24H22N2O6/c1-31-18-12-8-16(9-13-18)25-21(27)14-32-24(30)15-6-10-17(11-7-15)26-22(28)19-4-2-3-5-20(19)23(26)29/h2-3,6-13,19-20H,4-5,14H2,1H3,(H,25,27)/t19-,20-/m0/s1. The monoisotopic (exact) mass is 434 g/mol. The van der Waals surface area contributed by atoms with E-state index in [0.717, 1.165) is 0 Å². The van der Waals surface area contributed by atoms with E-state index >= 15 is 0 Å². The van der Waals surface area contributed by atoms with Crippen LogP contribution in [0.2, 0.25) is 0 Å². The summed E-state index contributed by atoms with van der Waals surface area (Å²) < 4.78 is 10.1. The lowest BCUT2D eigenvalue weighted by Crippen LogP contribution is -2.30. The molecule has 2 aromatic carbocycles. The molecule has 32 heavy (non-hydrogen) atoms. The molecule has 2 aromatic rings. The highest BCUT2D eigenvalue weighted by atomic mass is 16.5. The maximum absolute atomic E-state index is 12.7. The number of amides is 3. The van der Waals surface area contributed by atoms with Crippen molar-refractivity contribution in [2.24, 2.45) is 11.8 Å². The van der Waals surface area contributed by atoms with Gasteiger partial charge in [0.05, 0.1) is 30.2 Å². The van der Waals surface area contributed by atoms with Gasteiger partial charge in [-0.05, 0) is 61.4 Å². The van der Waals surface area contributed by atoms with Gasteiger partial charge in [-0.2, -0.15) is 0 Å². The number of anilines is 2. The van der Waals surface area contributed by atoms with Crippen molar-refractivity contribution < 1.29 is 28.7 Å². The van der Waals surface area contributed by atoms with Gasteiger partial charge >= 0.3 is 5.97 Å². The van der Waals surface area contributed by atoms with Crippen LogP contribution in [0, 0.1) is 11.8 Å². The summed E-state index contributed by atoms with van der Waals surface area (Å²) >= 11 is 0. The molecule has 1 aliphatic carbocycles. The number of esters is 1. The number of hydrogen-bond donors (Lipinski definition) is 1. The summed E-state index contributed by atoms with van der Waals surface area (Å²) in [6, 6.07) is 12.8. The molecule has 2 atom stereocenters. The summed E-state index contributed by atoms with van der Waals surface area (Å²) in [5, 5.41) is 2.62. The van der Waals surface area contributed by atoms with Crippen LogP contribution < -0.4 is 15.0 Å². The molecule has 0 radical (unpaired) electrons. The molecule has 3 amide bonds. The highest BCUT2D eigenvalue weighted by molar-refractivity contribution is 6.22. The lowest BCUT2D eigenvalue weighted by atomic mass is 9.85. The van der Waals surface area contributed by atoms with Crippen molar-refractivity contribution in [3.63, 3.8) is 0 Å². The van der Waals surface area contributed by atoms with Gasteiger partial charge in [0.2, 0.25) is 11.8 Å². The molecule has 0 aromatic heterocycles. The Bertz CT molecular complexity index is 1050. The maximum atomic E-state index is 12.7. The zero-order valence-electron chi connectivity index (χ0n) is 17.4. The van der Waals surface area contributed by atoms with Gasteiger partial charge in [0.15, 0.2) is 6.61 Å². The van der Waals surface area contributed by atoms with E-state index in [9.17, 15) is 19.2 Å². The van der Waals surface area contributed by atoms with Gasteiger partial charge in [-0.1, -0.05) is 12.2 Å². The molecule has 8 nitrogen and oxygen atoms in total. The zero-order chi connectivity index (χ0) is 22.7. The quantitative estimate of drug-likeness (QED) is 0.426. The zero-order valence-corrected chi connectivity index (χ0v) is 17.4. The second-order valence-corrected chi connectivity index (χ2v) is 7.57. The molecule has 1 fully saturated rings. The molecule has 0 spiro atoms. The summed E-state index contributed by atoms with van der Waals surface area (Å²) in [5.74, 6) is -1.57. The number of imide groups is 1. The Hall–Kier alpha value is -3.94. The van der Waals surface area contributed by atoms with Crippen molar-refractivity contribution in [1.29, 1.82) is 0 Å². The maximum Gasteiger partial charge on any atom is 0.338 e. The van der Waals surface area contributed by atoms with E-state index in [1.54, 1.807) is 31.4 Å². The normalized spacial score (nSPS) is 19.5. The number of fused-ring (bicyclic) bond motifs is 1. The highest BCUT2D eigenvalue weighted by Gasteiger charge is 2.47. The highest BCUT2D eigenvalue weighted by Crippen LogP contribution is 2.37. The molecule has 0 unspecified atom stereocenters. The van der Waals surface area contributed by atoms with E-state index < -0.39 is 18.5 Å². The molecule has 0 saturated carbocycles. The van der Waals surface area contributed by atoms with Crippen molar-refractivity contribution in [2.75, 3.05) is 23.9 Å². The summed E-state index contributed by atoms with van der Waals surface area (Å²) in [5.41, 5.74) is 1.18. The van der Waals surface area contributed by atoms with Crippen LogP contribution in [0.5, 0.6) is 5.75 Å². The van der Waals surface area contributed by atoms with Crippen LogP contribution in [-0.2, 0) is 19.1 Å². The third-order valence-corrected chi connectivity index (χ3v) is 5.58. The van der Waals surface area contributed by atoms with Crippen LogP contribution in [0.25, 0.3) is 0 Å². The number of carbonyl (C=O) groups is 4. The molecular formula is C24H22N2O6. The molecule has 8 heteroatoms. The smallest absolute Gasteiger partial charge is 0.338 e. The van der Waals surface area contributed by atoms with Crippen LogP contribution >= 0.6 is 0 Å². The fourth-order valence-corrected chi connectivity index (χ4v) is 3.89. The first-order valence-electron chi connectivity index (χ1n) is 10.2. The third kappa shape index (κ3) is 4.25. The second kappa shape index (κ2) is 9.05. The van der Waals surface area contributed by atoms with Gasteiger partial charge in [0.25, 0.3) is 5.91 Å². The Morgan fingerprint density at radius 1 is 0.938 bits per heavy atom. The number of ether oxygens (including phenoxy) is 2. The topological polar surface area (TPSA) is 102 Å². The molecule has 1 aliphatic heterocycles. The lowest BCUT2D eigenvalue weighted by molar-refractivity contribution is -0.122. The van der Waals surface area contributed by atoms with Crippen LogP contribution in [0.15, 0.2) is 60.7 Å². The van der Waals surface area contributed by atoms with E-state index in [1.165, 1.54) is 29.2 Å². The van der Waals surface area contributed by atoms with E-state index in [4.69, 9.17) is 9.47 Å².